The predicted molar refractivity (Wildman–Crippen MR) is 86.6 cm³/mol. The Bertz CT molecular complexity index is 822. The third-order valence-corrected chi connectivity index (χ3v) is 3.83. The van der Waals surface area contributed by atoms with Crippen LogP contribution in [0.2, 0.25) is 0 Å². The molecule has 2 aromatic rings. The number of hydrogen-bond acceptors (Lipinski definition) is 5. The van der Waals surface area contributed by atoms with Gasteiger partial charge in [0, 0.05) is 17.7 Å². The first kappa shape index (κ1) is 16.6. The summed E-state index contributed by atoms with van der Waals surface area (Å²) < 4.78 is 0.255. The second kappa shape index (κ2) is 6.53. The molecule has 0 saturated heterocycles. The smallest absolute Gasteiger partial charge is 0.284 e. The SMILES string of the molecule is Cc1c(NC(=O)c2ccc(Br)c([N+](=O)[O-])c2)cccc1[N+](=O)[O-]. The Morgan fingerprint density at radius 3 is 2.35 bits per heavy atom. The van der Waals surface area contributed by atoms with E-state index in [1.807, 2.05) is 0 Å². The molecule has 1 amide bonds. The number of carbonyl (C=O) groups excluding carboxylic acids is 1. The summed E-state index contributed by atoms with van der Waals surface area (Å²) in [7, 11) is 0. The molecule has 0 radical (unpaired) electrons. The van der Waals surface area contributed by atoms with Gasteiger partial charge >= 0.3 is 0 Å². The lowest BCUT2D eigenvalue weighted by Crippen LogP contribution is -2.13. The molecule has 8 nitrogen and oxygen atoms in total. The van der Waals surface area contributed by atoms with Crippen LogP contribution < -0.4 is 5.32 Å². The van der Waals surface area contributed by atoms with Crippen LogP contribution in [0.15, 0.2) is 40.9 Å². The summed E-state index contributed by atoms with van der Waals surface area (Å²) in [5.74, 6) is -0.593. The maximum Gasteiger partial charge on any atom is 0.284 e. The third-order valence-electron chi connectivity index (χ3n) is 3.16. The highest BCUT2D eigenvalue weighted by Gasteiger charge is 2.18. The molecule has 0 aromatic heterocycles. The van der Waals surface area contributed by atoms with E-state index in [1.54, 1.807) is 0 Å². The molecule has 0 spiro atoms. The van der Waals surface area contributed by atoms with E-state index >= 15 is 0 Å². The summed E-state index contributed by atoms with van der Waals surface area (Å²) >= 11 is 3.04. The van der Waals surface area contributed by atoms with Crippen molar-refractivity contribution < 1.29 is 14.6 Å². The summed E-state index contributed by atoms with van der Waals surface area (Å²) in [5, 5.41) is 24.3. The molecule has 2 rings (SSSR count). The molecule has 9 heteroatoms. The zero-order valence-corrected chi connectivity index (χ0v) is 13.4. The molecule has 23 heavy (non-hydrogen) atoms. The van der Waals surface area contributed by atoms with Crippen molar-refractivity contribution in [2.24, 2.45) is 0 Å². The Labute approximate surface area is 138 Å². The second-order valence-corrected chi connectivity index (χ2v) is 5.44. The molecule has 0 heterocycles. The van der Waals surface area contributed by atoms with Gasteiger partial charge in [0.1, 0.15) is 0 Å². The van der Waals surface area contributed by atoms with Gasteiger partial charge in [-0.05, 0) is 41.1 Å². The van der Waals surface area contributed by atoms with E-state index < -0.39 is 15.8 Å². The Hall–Kier alpha value is -2.81. The van der Waals surface area contributed by atoms with E-state index in [0.29, 0.717) is 5.56 Å². The highest BCUT2D eigenvalue weighted by Crippen LogP contribution is 2.28. The standard InChI is InChI=1S/C14H10BrN3O5/c1-8-11(3-2-4-12(8)17(20)21)16-14(19)9-5-6-10(15)13(7-9)18(22)23/h2-7H,1H3,(H,16,19). The number of nitrogens with zero attached hydrogens (tertiary/aromatic N) is 2. The quantitative estimate of drug-likeness (QED) is 0.639. The van der Waals surface area contributed by atoms with E-state index in [0.717, 1.165) is 6.07 Å². The second-order valence-electron chi connectivity index (χ2n) is 4.58. The lowest BCUT2D eigenvalue weighted by Gasteiger charge is -2.08. The zero-order valence-electron chi connectivity index (χ0n) is 11.8. The van der Waals surface area contributed by atoms with Crippen molar-refractivity contribution in [1.29, 1.82) is 0 Å². The summed E-state index contributed by atoms with van der Waals surface area (Å²) in [6.07, 6.45) is 0. The van der Waals surface area contributed by atoms with E-state index in [4.69, 9.17) is 0 Å². The van der Waals surface area contributed by atoms with Crippen molar-refractivity contribution in [3.05, 3.63) is 72.2 Å². The van der Waals surface area contributed by atoms with Crippen LogP contribution in [0.3, 0.4) is 0 Å². The number of nitro groups is 2. The monoisotopic (exact) mass is 379 g/mol. The molecular weight excluding hydrogens is 370 g/mol. The first-order valence-electron chi connectivity index (χ1n) is 6.30. The number of nitro benzene ring substituents is 2. The Morgan fingerprint density at radius 2 is 1.74 bits per heavy atom. The number of anilines is 1. The van der Waals surface area contributed by atoms with E-state index in [1.165, 1.54) is 37.3 Å². The zero-order chi connectivity index (χ0) is 17.1. The van der Waals surface area contributed by atoms with E-state index in [-0.39, 0.29) is 27.1 Å². The van der Waals surface area contributed by atoms with Crippen molar-refractivity contribution in [3.8, 4) is 0 Å². The van der Waals surface area contributed by atoms with Gasteiger partial charge in [-0.2, -0.15) is 0 Å². The summed E-state index contributed by atoms with van der Waals surface area (Å²) in [4.78, 5) is 32.9. The summed E-state index contributed by atoms with van der Waals surface area (Å²) in [5.41, 5.74) is 0.288. The lowest BCUT2D eigenvalue weighted by atomic mass is 10.1. The van der Waals surface area contributed by atoms with Gasteiger partial charge in [0.05, 0.1) is 25.6 Å². The third kappa shape index (κ3) is 3.51. The van der Waals surface area contributed by atoms with Gasteiger partial charge in [-0.15, -0.1) is 0 Å². The molecular formula is C14H10BrN3O5. The van der Waals surface area contributed by atoms with Crippen LogP contribution >= 0.6 is 15.9 Å². The van der Waals surface area contributed by atoms with Crippen LogP contribution in [0, 0.1) is 27.2 Å². The molecule has 0 aliphatic carbocycles. The largest absolute Gasteiger partial charge is 0.321 e. The molecule has 1 N–H and O–H groups in total. The van der Waals surface area contributed by atoms with Crippen molar-refractivity contribution in [3.63, 3.8) is 0 Å². The van der Waals surface area contributed by atoms with Crippen LogP contribution in [-0.2, 0) is 0 Å². The first-order chi connectivity index (χ1) is 10.8. The average Bonchev–Trinajstić information content (AvgIpc) is 2.49. The molecule has 0 aliphatic rings. The van der Waals surface area contributed by atoms with Crippen molar-refractivity contribution in [2.75, 3.05) is 5.32 Å². The Balaban J connectivity index is 2.33. The van der Waals surface area contributed by atoms with Gasteiger partial charge in [0.25, 0.3) is 17.3 Å². The number of carbonyl (C=O) groups is 1. The lowest BCUT2D eigenvalue weighted by molar-refractivity contribution is -0.385. The molecule has 118 valence electrons. The van der Waals surface area contributed by atoms with Gasteiger partial charge in [0.2, 0.25) is 0 Å². The Morgan fingerprint density at radius 1 is 1.09 bits per heavy atom. The van der Waals surface area contributed by atoms with Crippen LogP contribution in [0.25, 0.3) is 0 Å². The number of halogens is 1. The molecule has 0 fully saturated rings. The Kier molecular flexibility index (Phi) is 4.70. The number of hydrogen-bond donors (Lipinski definition) is 1. The molecule has 0 unspecified atom stereocenters. The molecule has 2 aromatic carbocycles. The van der Waals surface area contributed by atoms with Crippen LogP contribution in [0.5, 0.6) is 0 Å². The maximum absolute atomic E-state index is 12.2. The summed E-state index contributed by atoms with van der Waals surface area (Å²) in [6, 6.07) is 8.24. The van der Waals surface area contributed by atoms with Crippen LogP contribution in [0.4, 0.5) is 17.1 Å². The minimum absolute atomic E-state index is 0.0748. The number of amides is 1. The minimum Gasteiger partial charge on any atom is -0.321 e. The minimum atomic E-state index is -0.612. The van der Waals surface area contributed by atoms with Gasteiger partial charge in [-0.3, -0.25) is 25.0 Å². The average molecular weight is 380 g/mol. The van der Waals surface area contributed by atoms with Crippen molar-refractivity contribution in [2.45, 2.75) is 6.92 Å². The van der Waals surface area contributed by atoms with Gasteiger partial charge < -0.3 is 5.32 Å². The fourth-order valence-electron chi connectivity index (χ4n) is 1.94. The van der Waals surface area contributed by atoms with E-state index in [2.05, 4.69) is 21.2 Å². The molecule has 0 saturated carbocycles. The normalized spacial score (nSPS) is 10.2. The van der Waals surface area contributed by atoms with E-state index in [9.17, 15) is 25.0 Å². The maximum atomic E-state index is 12.2. The fourth-order valence-corrected chi connectivity index (χ4v) is 2.34. The highest BCUT2D eigenvalue weighted by molar-refractivity contribution is 9.10. The van der Waals surface area contributed by atoms with Gasteiger partial charge in [0.15, 0.2) is 0 Å². The van der Waals surface area contributed by atoms with Gasteiger partial charge in [-0.25, -0.2) is 0 Å². The molecule has 0 bridgehead atoms. The summed E-state index contributed by atoms with van der Waals surface area (Å²) in [6.45, 7) is 1.51. The van der Waals surface area contributed by atoms with Crippen LogP contribution in [0.1, 0.15) is 15.9 Å². The fraction of sp³-hybridized carbons (Fsp3) is 0.0714. The van der Waals surface area contributed by atoms with Gasteiger partial charge in [-0.1, -0.05) is 6.07 Å². The van der Waals surface area contributed by atoms with Crippen molar-refractivity contribution >= 4 is 38.9 Å². The van der Waals surface area contributed by atoms with Crippen molar-refractivity contribution in [1.82, 2.24) is 0 Å². The number of benzene rings is 2. The molecule has 0 atom stereocenters. The topological polar surface area (TPSA) is 115 Å². The number of rotatable bonds is 4. The number of nitrogens with one attached hydrogen (secondary N) is 1. The predicted octanol–water partition coefficient (Wildman–Crippen LogP) is 3.83. The first-order valence-corrected chi connectivity index (χ1v) is 7.10. The van der Waals surface area contributed by atoms with Crippen LogP contribution in [-0.4, -0.2) is 15.8 Å². The highest BCUT2D eigenvalue weighted by atomic mass is 79.9. The molecule has 0 aliphatic heterocycles.